The van der Waals surface area contributed by atoms with Crippen LogP contribution >= 0.6 is 0 Å². The molecule has 0 radical (unpaired) electrons. The van der Waals surface area contributed by atoms with Crippen LogP contribution in [0.4, 0.5) is 0 Å². The molecule has 0 rings (SSSR count). The molecule has 0 fully saturated rings. The van der Waals surface area contributed by atoms with E-state index in [0.717, 1.165) is 0 Å². The Morgan fingerprint density at radius 3 is 2.06 bits per heavy atom. The number of rotatable bonds is 3. The van der Waals surface area contributed by atoms with Crippen LogP contribution in [0.2, 0.25) is 0 Å². The Bertz CT molecular complexity index is 382. The molecule has 16 heavy (non-hydrogen) atoms. The zero-order valence-electron chi connectivity index (χ0n) is 9.62. The third-order valence-electron chi connectivity index (χ3n) is 1.39. The summed E-state index contributed by atoms with van der Waals surface area (Å²) in [5.41, 5.74) is 0.536. The smallest absolute Gasteiger partial charge is 0.347 e. The van der Waals surface area contributed by atoms with Crippen molar-refractivity contribution in [1.29, 1.82) is 0 Å². The van der Waals surface area contributed by atoms with E-state index in [2.05, 4.69) is 29.9 Å². The highest BCUT2D eigenvalue weighted by Gasteiger charge is 2.07. The standard InChI is InChI=1S/C12H14O4/c1-8(2)11(13)15-7-6-10(5)16-12(14)9(3)4/h10H,1,3H2,2,4-5H3. The normalized spacial score (nSPS) is 10.4. The molecule has 4 nitrogen and oxygen atoms in total. The first-order valence-corrected chi connectivity index (χ1v) is 4.58. The zero-order valence-corrected chi connectivity index (χ0v) is 9.62. The van der Waals surface area contributed by atoms with Gasteiger partial charge in [0.2, 0.25) is 0 Å². The fourth-order valence-electron chi connectivity index (χ4n) is 0.537. The molecule has 0 amide bonds. The predicted molar refractivity (Wildman–Crippen MR) is 59.1 cm³/mol. The van der Waals surface area contributed by atoms with Crippen LogP contribution in [0.3, 0.4) is 0 Å². The minimum absolute atomic E-state index is 0.251. The summed E-state index contributed by atoms with van der Waals surface area (Å²) >= 11 is 0. The maximum atomic E-state index is 11.0. The second-order valence-electron chi connectivity index (χ2n) is 3.24. The average molecular weight is 222 g/mol. The third kappa shape index (κ3) is 5.66. The highest BCUT2D eigenvalue weighted by molar-refractivity contribution is 5.88. The van der Waals surface area contributed by atoms with Crippen molar-refractivity contribution in [2.45, 2.75) is 26.9 Å². The molecule has 4 heteroatoms. The van der Waals surface area contributed by atoms with Crippen LogP contribution in [-0.4, -0.2) is 18.0 Å². The van der Waals surface area contributed by atoms with E-state index in [-0.39, 0.29) is 11.1 Å². The van der Waals surface area contributed by atoms with E-state index in [0.29, 0.717) is 0 Å². The van der Waals surface area contributed by atoms with Crippen molar-refractivity contribution in [3.05, 3.63) is 24.3 Å². The molecule has 0 spiro atoms. The van der Waals surface area contributed by atoms with Gasteiger partial charge in [-0.25, -0.2) is 9.59 Å². The molecule has 0 aliphatic heterocycles. The second-order valence-corrected chi connectivity index (χ2v) is 3.24. The largest absolute Gasteiger partial charge is 0.446 e. The van der Waals surface area contributed by atoms with Crippen LogP contribution in [0.15, 0.2) is 24.3 Å². The summed E-state index contributed by atoms with van der Waals surface area (Å²) in [5, 5.41) is 0. The lowest BCUT2D eigenvalue weighted by Gasteiger charge is -2.05. The number of carbonyl (C=O) groups excluding carboxylic acids is 2. The average Bonchev–Trinajstić information content (AvgIpc) is 2.16. The van der Waals surface area contributed by atoms with Gasteiger partial charge in [-0.3, -0.25) is 0 Å². The van der Waals surface area contributed by atoms with Gasteiger partial charge in [-0.05, 0) is 26.7 Å². The lowest BCUT2D eigenvalue weighted by molar-refractivity contribution is -0.141. The van der Waals surface area contributed by atoms with Gasteiger partial charge < -0.3 is 9.47 Å². The van der Waals surface area contributed by atoms with Crippen molar-refractivity contribution >= 4 is 11.9 Å². The van der Waals surface area contributed by atoms with E-state index >= 15 is 0 Å². The topological polar surface area (TPSA) is 52.6 Å². The van der Waals surface area contributed by atoms with Crippen molar-refractivity contribution < 1.29 is 19.1 Å². The first-order chi connectivity index (χ1) is 7.34. The van der Waals surface area contributed by atoms with Gasteiger partial charge in [0.05, 0.1) is 0 Å². The molecule has 1 atom stereocenters. The Morgan fingerprint density at radius 2 is 1.62 bits per heavy atom. The van der Waals surface area contributed by atoms with Gasteiger partial charge in [0.1, 0.15) is 6.11 Å². The Morgan fingerprint density at radius 1 is 1.12 bits per heavy atom. The number of carbonyl (C=O) groups is 2. The van der Waals surface area contributed by atoms with E-state index in [9.17, 15) is 9.59 Å². The summed E-state index contributed by atoms with van der Waals surface area (Å²) in [6, 6.07) is 0. The molecular weight excluding hydrogens is 208 g/mol. The summed E-state index contributed by atoms with van der Waals surface area (Å²) in [5.74, 6) is 1.30. The predicted octanol–water partition coefficient (Wildman–Crippen LogP) is 1.57. The SMILES string of the molecule is C=C(C)C(=O)OC#CC(C)OC(=O)C(=C)C. The van der Waals surface area contributed by atoms with Gasteiger partial charge in [0.15, 0.2) is 6.10 Å². The van der Waals surface area contributed by atoms with Gasteiger partial charge >= 0.3 is 11.9 Å². The molecule has 0 aliphatic rings. The van der Waals surface area contributed by atoms with E-state index in [1.807, 2.05) is 0 Å². The van der Waals surface area contributed by atoms with Gasteiger partial charge in [-0.1, -0.05) is 13.2 Å². The Hall–Kier alpha value is -2.02. The molecule has 0 N–H and O–H groups in total. The van der Waals surface area contributed by atoms with Gasteiger partial charge in [0.25, 0.3) is 0 Å². The van der Waals surface area contributed by atoms with Crippen molar-refractivity contribution in [2.24, 2.45) is 0 Å². The van der Waals surface area contributed by atoms with Gasteiger partial charge in [0, 0.05) is 11.1 Å². The van der Waals surface area contributed by atoms with Crippen molar-refractivity contribution in [3.63, 3.8) is 0 Å². The molecule has 0 bridgehead atoms. The maximum absolute atomic E-state index is 11.0. The van der Waals surface area contributed by atoms with Crippen LogP contribution in [0.5, 0.6) is 0 Å². The minimum Gasteiger partial charge on any atom is -0.446 e. The summed E-state index contributed by atoms with van der Waals surface area (Å²) in [7, 11) is 0. The summed E-state index contributed by atoms with van der Waals surface area (Å²) in [6.07, 6.45) is 1.48. The third-order valence-corrected chi connectivity index (χ3v) is 1.39. The first kappa shape index (κ1) is 14.0. The van der Waals surface area contributed by atoms with Gasteiger partial charge in [-0.2, -0.15) is 0 Å². The Kier molecular flexibility index (Phi) is 5.65. The maximum Gasteiger partial charge on any atom is 0.347 e. The quantitative estimate of drug-likeness (QED) is 0.413. The summed E-state index contributed by atoms with van der Waals surface area (Å²) in [4.78, 5) is 22.0. The minimum atomic E-state index is -0.665. The molecular formula is C12H14O4. The van der Waals surface area contributed by atoms with Crippen molar-refractivity contribution in [3.8, 4) is 12.0 Å². The lowest BCUT2D eigenvalue weighted by Crippen LogP contribution is -2.13. The monoisotopic (exact) mass is 222 g/mol. The van der Waals surface area contributed by atoms with Crippen LogP contribution in [-0.2, 0) is 19.1 Å². The van der Waals surface area contributed by atoms with E-state index in [1.165, 1.54) is 13.8 Å². The summed E-state index contributed by atoms with van der Waals surface area (Å²) in [6.45, 7) is 11.4. The van der Waals surface area contributed by atoms with Crippen LogP contribution in [0, 0.1) is 12.0 Å². The highest BCUT2D eigenvalue weighted by atomic mass is 16.5. The van der Waals surface area contributed by atoms with Gasteiger partial charge in [-0.15, -0.1) is 0 Å². The zero-order chi connectivity index (χ0) is 12.7. The molecule has 86 valence electrons. The fraction of sp³-hybridized carbons (Fsp3) is 0.333. The number of hydrogen-bond donors (Lipinski definition) is 0. The molecule has 0 saturated heterocycles. The van der Waals surface area contributed by atoms with E-state index < -0.39 is 18.0 Å². The molecule has 0 aromatic rings. The molecule has 0 heterocycles. The van der Waals surface area contributed by atoms with E-state index in [4.69, 9.17) is 4.74 Å². The van der Waals surface area contributed by atoms with Crippen LogP contribution in [0.25, 0.3) is 0 Å². The second kappa shape index (κ2) is 6.46. The Balaban J connectivity index is 4.15. The Labute approximate surface area is 94.9 Å². The molecule has 0 saturated carbocycles. The number of hydrogen-bond acceptors (Lipinski definition) is 4. The highest BCUT2D eigenvalue weighted by Crippen LogP contribution is 1.97. The van der Waals surface area contributed by atoms with Crippen molar-refractivity contribution in [1.82, 2.24) is 0 Å². The first-order valence-electron chi connectivity index (χ1n) is 4.58. The van der Waals surface area contributed by atoms with Crippen molar-refractivity contribution in [2.75, 3.05) is 0 Å². The number of esters is 2. The molecule has 0 aliphatic carbocycles. The molecule has 0 aromatic carbocycles. The summed E-state index contributed by atoms with van der Waals surface area (Å²) < 4.78 is 9.33. The van der Waals surface area contributed by atoms with Crippen LogP contribution < -0.4 is 0 Å². The fourth-order valence-corrected chi connectivity index (χ4v) is 0.537. The number of ether oxygens (including phenoxy) is 2. The molecule has 0 aromatic heterocycles. The molecule has 1 unspecified atom stereocenters. The van der Waals surface area contributed by atoms with Crippen LogP contribution in [0.1, 0.15) is 20.8 Å². The van der Waals surface area contributed by atoms with E-state index in [1.54, 1.807) is 6.92 Å². The lowest BCUT2D eigenvalue weighted by atomic mass is 10.3.